The number of hydrogen-bond acceptors (Lipinski definition) is 0. The lowest BCUT2D eigenvalue weighted by atomic mass is 9.53. The van der Waals surface area contributed by atoms with E-state index in [0.29, 0.717) is 11.8 Å². The number of unbranched alkanes of at least 4 members (excludes halogenated alkanes) is 8. The molecule has 4 rings (SSSR count). The molecule has 1 aliphatic rings. The molecule has 1 fully saturated rings. The van der Waals surface area contributed by atoms with Crippen LogP contribution in [0, 0.1) is 18.3 Å². The summed E-state index contributed by atoms with van der Waals surface area (Å²) in [6, 6.07) is 23.0. The third-order valence-electron chi connectivity index (χ3n) is 12.2. The van der Waals surface area contributed by atoms with Crippen molar-refractivity contribution in [1.82, 2.24) is 0 Å². The molecule has 0 nitrogen and oxygen atoms in total. The third-order valence-corrected chi connectivity index (χ3v) is 12.2. The fraction of sp³-hybridized carbons (Fsp3) is 0.633. The SMILES string of the molecule is CCCCCCCCc1c(-c2ccccc2)c(Cc2ccccc2)c(C)c(C(CCCCCC)(CC(C)C)C(C)(C)C)c1C1CCCCC1. The van der Waals surface area contributed by atoms with E-state index in [1.54, 1.807) is 22.3 Å². The van der Waals surface area contributed by atoms with Crippen LogP contribution in [0.1, 0.15) is 197 Å². The maximum Gasteiger partial charge on any atom is 0.000957 e. The van der Waals surface area contributed by atoms with Gasteiger partial charge in [-0.3, -0.25) is 0 Å². The molecule has 0 heteroatoms. The van der Waals surface area contributed by atoms with Crippen LogP contribution in [0.5, 0.6) is 0 Å². The van der Waals surface area contributed by atoms with Crippen LogP contribution in [0.25, 0.3) is 11.1 Å². The molecular weight excluding hydrogens is 589 g/mol. The van der Waals surface area contributed by atoms with Crippen molar-refractivity contribution in [2.75, 3.05) is 0 Å². The molecule has 1 aliphatic carbocycles. The molecule has 0 radical (unpaired) electrons. The molecular formula is C49H74. The molecule has 49 heavy (non-hydrogen) atoms. The van der Waals surface area contributed by atoms with Gasteiger partial charge < -0.3 is 0 Å². The molecule has 1 saturated carbocycles. The molecule has 3 aromatic carbocycles. The lowest BCUT2D eigenvalue weighted by Crippen LogP contribution is -2.44. The first-order chi connectivity index (χ1) is 23.6. The van der Waals surface area contributed by atoms with Crippen LogP contribution in [-0.2, 0) is 18.3 Å². The van der Waals surface area contributed by atoms with Crippen molar-refractivity contribution in [2.45, 2.75) is 189 Å². The summed E-state index contributed by atoms with van der Waals surface area (Å²) in [5.41, 5.74) is 13.4. The third kappa shape index (κ3) is 10.1. The largest absolute Gasteiger partial charge is 0.0654 e. The highest BCUT2D eigenvalue weighted by atomic mass is 14.5. The van der Waals surface area contributed by atoms with Gasteiger partial charge in [0, 0.05) is 5.41 Å². The van der Waals surface area contributed by atoms with E-state index in [9.17, 15) is 0 Å². The summed E-state index contributed by atoms with van der Waals surface area (Å²) in [7, 11) is 0. The Morgan fingerprint density at radius 3 is 1.84 bits per heavy atom. The molecule has 1 atom stereocenters. The van der Waals surface area contributed by atoms with Crippen molar-refractivity contribution in [3.05, 3.63) is 94.0 Å². The second kappa shape index (κ2) is 19.3. The first-order valence-corrected chi connectivity index (χ1v) is 20.9. The van der Waals surface area contributed by atoms with Crippen molar-refractivity contribution in [1.29, 1.82) is 0 Å². The van der Waals surface area contributed by atoms with E-state index in [1.165, 1.54) is 127 Å². The van der Waals surface area contributed by atoms with Crippen molar-refractivity contribution >= 4 is 0 Å². The van der Waals surface area contributed by atoms with Gasteiger partial charge >= 0.3 is 0 Å². The van der Waals surface area contributed by atoms with Crippen LogP contribution < -0.4 is 0 Å². The zero-order valence-corrected chi connectivity index (χ0v) is 33.4. The zero-order chi connectivity index (χ0) is 35.3. The standard InChI is InChI=1S/C49H74/c1-9-11-13-15-16-26-34-43-45(41-30-22-18-23-31-41)44(36-40-28-20-17-21-29-40)39(5)47(46(43)42-32-24-19-25-33-42)49(37-38(3)4,48(6,7)8)35-27-14-12-10-2/h17-18,20-23,28-31,38,42H,9-16,19,24-27,32-37H2,1-8H3. The summed E-state index contributed by atoms with van der Waals surface area (Å²) in [6.45, 7) is 20.1. The topological polar surface area (TPSA) is 0 Å². The Bertz CT molecular complexity index is 1370. The van der Waals surface area contributed by atoms with E-state index >= 15 is 0 Å². The van der Waals surface area contributed by atoms with Crippen LogP contribution >= 0.6 is 0 Å². The summed E-state index contributed by atoms with van der Waals surface area (Å²) < 4.78 is 0. The summed E-state index contributed by atoms with van der Waals surface area (Å²) in [6.07, 6.45) is 25.2. The Morgan fingerprint density at radius 2 is 1.24 bits per heavy atom. The normalized spacial score (nSPS) is 15.5. The number of hydrogen-bond donors (Lipinski definition) is 0. The van der Waals surface area contributed by atoms with Gasteiger partial charge in [-0.25, -0.2) is 0 Å². The van der Waals surface area contributed by atoms with Gasteiger partial charge in [0.25, 0.3) is 0 Å². The highest BCUT2D eigenvalue weighted by Crippen LogP contribution is 2.56. The summed E-state index contributed by atoms with van der Waals surface area (Å²) in [5.74, 6) is 1.33. The zero-order valence-electron chi connectivity index (χ0n) is 33.4. The van der Waals surface area contributed by atoms with E-state index in [-0.39, 0.29) is 10.8 Å². The van der Waals surface area contributed by atoms with E-state index < -0.39 is 0 Å². The molecule has 0 saturated heterocycles. The Morgan fingerprint density at radius 1 is 0.673 bits per heavy atom. The second-order valence-corrected chi connectivity index (χ2v) is 17.4. The van der Waals surface area contributed by atoms with Gasteiger partial charge in [-0.15, -0.1) is 0 Å². The minimum Gasteiger partial charge on any atom is -0.0654 e. The van der Waals surface area contributed by atoms with Crippen molar-refractivity contribution in [3.63, 3.8) is 0 Å². The molecule has 0 bridgehead atoms. The van der Waals surface area contributed by atoms with Crippen molar-refractivity contribution < 1.29 is 0 Å². The highest BCUT2D eigenvalue weighted by Gasteiger charge is 2.47. The van der Waals surface area contributed by atoms with Crippen LogP contribution in [0.4, 0.5) is 0 Å². The van der Waals surface area contributed by atoms with Crippen molar-refractivity contribution in [3.8, 4) is 11.1 Å². The Balaban J connectivity index is 2.12. The lowest BCUT2D eigenvalue weighted by Gasteiger charge is -2.51. The number of rotatable bonds is 19. The van der Waals surface area contributed by atoms with Gasteiger partial charge in [0.05, 0.1) is 0 Å². The van der Waals surface area contributed by atoms with Crippen LogP contribution in [0.2, 0.25) is 0 Å². The van der Waals surface area contributed by atoms with Gasteiger partial charge in [0.1, 0.15) is 0 Å². The quantitative estimate of drug-likeness (QED) is 0.112. The van der Waals surface area contributed by atoms with Crippen LogP contribution in [0.15, 0.2) is 60.7 Å². The first-order valence-electron chi connectivity index (χ1n) is 20.9. The lowest BCUT2D eigenvalue weighted by molar-refractivity contribution is 0.129. The fourth-order valence-electron chi connectivity index (χ4n) is 9.72. The van der Waals surface area contributed by atoms with E-state index in [2.05, 4.69) is 116 Å². The summed E-state index contributed by atoms with van der Waals surface area (Å²) >= 11 is 0. The number of benzene rings is 3. The Hall–Kier alpha value is -2.34. The molecule has 0 spiro atoms. The second-order valence-electron chi connectivity index (χ2n) is 17.4. The van der Waals surface area contributed by atoms with Gasteiger partial charge in [-0.1, -0.05) is 186 Å². The van der Waals surface area contributed by atoms with Gasteiger partial charge in [-0.2, -0.15) is 0 Å². The van der Waals surface area contributed by atoms with Gasteiger partial charge in [0.15, 0.2) is 0 Å². The van der Waals surface area contributed by atoms with E-state index in [4.69, 9.17) is 0 Å². The maximum atomic E-state index is 2.61. The first kappa shape index (κ1) is 39.4. The Kier molecular flexibility index (Phi) is 15.6. The van der Waals surface area contributed by atoms with Crippen LogP contribution in [-0.4, -0.2) is 0 Å². The predicted molar refractivity (Wildman–Crippen MR) is 218 cm³/mol. The van der Waals surface area contributed by atoms with Gasteiger partial charge in [-0.05, 0) is 114 Å². The summed E-state index contributed by atoms with van der Waals surface area (Å²) in [5, 5.41) is 0. The highest BCUT2D eigenvalue weighted by molar-refractivity contribution is 5.77. The van der Waals surface area contributed by atoms with E-state index in [1.807, 2.05) is 11.1 Å². The molecule has 1 unspecified atom stereocenters. The smallest absolute Gasteiger partial charge is 0.000957 e. The fourth-order valence-corrected chi connectivity index (χ4v) is 9.72. The molecule has 0 heterocycles. The molecule has 0 aliphatic heterocycles. The molecule has 270 valence electrons. The van der Waals surface area contributed by atoms with Gasteiger partial charge in [0.2, 0.25) is 0 Å². The minimum absolute atomic E-state index is 0.141. The maximum absolute atomic E-state index is 2.61. The average Bonchev–Trinajstić information content (AvgIpc) is 3.09. The molecule has 3 aromatic rings. The molecule has 0 amide bonds. The Labute approximate surface area is 304 Å². The van der Waals surface area contributed by atoms with E-state index in [0.717, 1.165) is 6.42 Å². The average molecular weight is 663 g/mol. The predicted octanol–water partition coefficient (Wildman–Crippen LogP) is 15.5. The minimum atomic E-state index is 0.141. The molecule has 0 N–H and O–H groups in total. The summed E-state index contributed by atoms with van der Waals surface area (Å²) in [4.78, 5) is 0. The van der Waals surface area contributed by atoms with Crippen LogP contribution in [0.3, 0.4) is 0 Å². The monoisotopic (exact) mass is 663 g/mol. The molecule has 0 aromatic heterocycles. The van der Waals surface area contributed by atoms with Crippen molar-refractivity contribution in [2.24, 2.45) is 11.3 Å².